The number of amides is 2. The number of hydrogen-bond donors (Lipinski definition) is 2. The summed E-state index contributed by atoms with van der Waals surface area (Å²) in [6.07, 6.45) is 2.47. The number of hydrogen-bond acceptors (Lipinski definition) is 5. The van der Waals surface area contributed by atoms with E-state index in [1.807, 2.05) is 11.8 Å². The average molecular weight is 294 g/mol. The topological polar surface area (TPSA) is 110 Å². The Morgan fingerprint density at radius 1 is 1.29 bits per heavy atom. The van der Waals surface area contributed by atoms with E-state index in [1.165, 1.54) is 0 Å². The summed E-state index contributed by atoms with van der Waals surface area (Å²) in [4.78, 5) is 27.2. The van der Waals surface area contributed by atoms with Crippen molar-refractivity contribution in [3.63, 3.8) is 0 Å². The largest absolute Gasteiger partial charge is 0.396 e. The Morgan fingerprint density at radius 3 is 2.67 bits per heavy atom. The normalized spacial score (nSPS) is 16.7. The first kappa shape index (κ1) is 15.3. The molecule has 0 radical (unpaired) electrons. The quantitative estimate of drug-likeness (QED) is 0.749. The molecule has 0 atom stereocenters. The highest BCUT2D eigenvalue weighted by atomic mass is 16.2. The van der Waals surface area contributed by atoms with Gasteiger partial charge < -0.3 is 16.4 Å². The third-order valence-electron chi connectivity index (χ3n) is 3.57. The Kier molecular flexibility index (Phi) is 4.79. The molecule has 0 aliphatic carbocycles. The van der Waals surface area contributed by atoms with Gasteiger partial charge in [0, 0.05) is 38.9 Å². The Hall–Kier alpha value is -2.09. The molecule has 0 unspecified atom stereocenters. The van der Waals surface area contributed by atoms with Crippen LogP contribution in [0.1, 0.15) is 23.8 Å². The lowest BCUT2D eigenvalue weighted by atomic mass is 10.3. The fourth-order valence-electron chi connectivity index (χ4n) is 2.47. The number of nitrogens with two attached hydrogens (primary N) is 2. The maximum Gasteiger partial charge on any atom is 0.276 e. The number of anilines is 1. The molecule has 0 bridgehead atoms. The molecule has 1 aliphatic rings. The molecule has 1 aliphatic heterocycles. The summed E-state index contributed by atoms with van der Waals surface area (Å²) in [6, 6.07) is 0. The third kappa shape index (κ3) is 3.72. The van der Waals surface area contributed by atoms with Crippen molar-refractivity contribution in [2.45, 2.75) is 19.9 Å². The zero-order chi connectivity index (χ0) is 15.4. The fourth-order valence-corrected chi connectivity index (χ4v) is 2.47. The van der Waals surface area contributed by atoms with Crippen molar-refractivity contribution >= 4 is 17.5 Å². The zero-order valence-electron chi connectivity index (χ0n) is 12.3. The number of aromatic nitrogens is 2. The van der Waals surface area contributed by atoms with Crippen LogP contribution in [0.4, 0.5) is 5.69 Å². The monoisotopic (exact) mass is 294 g/mol. The van der Waals surface area contributed by atoms with Crippen LogP contribution in [0.15, 0.2) is 6.20 Å². The number of carbonyl (C=O) groups excluding carboxylic acids is 2. The van der Waals surface area contributed by atoms with E-state index in [0.29, 0.717) is 37.6 Å². The Labute approximate surface area is 123 Å². The first-order valence-electron chi connectivity index (χ1n) is 7.14. The van der Waals surface area contributed by atoms with Crippen molar-refractivity contribution in [3.8, 4) is 0 Å². The highest BCUT2D eigenvalue weighted by Gasteiger charge is 2.24. The smallest absolute Gasteiger partial charge is 0.276 e. The first-order valence-corrected chi connectivity index (χ1v) is 7.14. The van der Waals surface area contributed by atoms with Crippen molar-refractivity contribution in [1.82, 2.24) is 19.6 Å². The molecule has 8 nitrogen and oxygen atoms in total. The molecule has 1 aromatic heterocycles. The van der Waals surface area contributed by atoms with Gasteiger partial charge in [-0.1, -0.05) is 0 Å². The van der Waals surface area contributed by atoms with Gasteiger partial charge in [0.25, 0.3) is 5.91 Å². The molecule has 2 heterocycles. The van der Waals surface area contributed by atoms with Crippen molar-refractivity contribution in [3.05, 3.63) is 11.9 Å². The number of carbonyl (C=O) groups is 2. The van der Waals surface area contributed by atoms with E-state index in [4.69, 9.17) is 11.5 Å². The maximum atomic E-state index is 12.5. The highest BCUT2D eigenvalue weighted by molar-refractivity contribution is 5.97. The highest BCUT2D eigenvalue weighted by Crippen LogP contribution is 2.14. The van der Waals surface area contributed by atoms with Crippen molar-refractivity contribution in [2.24, 2.45) is 5.73 Å². The summed E-state index contributed by atoms with van der Waals surface area (Å²) < 4.78 is 1.65. The molecule has 1 fully saturated rings. The molecule has 1 aromatic rings. The Morgan fingerprint density at radius 2 is 2.05 bits per heavy atom. The summed E-state index contributed by atoms with van der Waals surface area (Å²) in [5.74, 6) is -0.499. The summed E-state index contributed by atoms with van der Waals surface area (Å²) in [7, 11) is 0. The maximum absolute atomic E-state index is 12.5. The molecule has 4 N–H and O–H groups in total. The SMILES string of the molecule is CCn1cc(N)c(C(=O)N2CCCN(CC(N)=O)CC2)n1. The van der Waals surface area contributed by atoms with Gasteiger partial charge in [0.2, 0.25) is 5.91 Å². The van der Waals surface area contributed by atoms with E-state index in [2.05, 4.69) is 5.10 Å². The van der Waals surface area contributed by atoms with Gasteiger partial charge in [-0.2, -0.15) is 5.10 Å². The van der Waals surface area contributed by atoms with Crippen LogP contribution in [-0.2, 0) is 11.3 Å². The molecule has 0 aromatic carbocycles. The fraction of sp³-hybridized carbons (Fsp3) is 0.615. The second-order valence-electron chi connectivity index (χ2n) is 5.18. The van der Waals surface area contributed by atoms with Crippen LogP contribution in [0.3, 0.4) is 0 Å². The summed E-state index contributed by atoms with van der Waals surface area (Å²) in [6.45, 7) is 5.40. The molecular formula is C13H22N6O2. The minimum Gasteiger partial charge on any atom is -0.396 e. The predicted molar refractivity (Wildman–Crippen MR) is 78.5 cm³/mol. The number of aryl methyl sites for hydroxylation is 1. The number of nitrogens with zero attached hydrogens (tertiary/aromatic N) is 4. The van der Waals surface area contributed by atoms with Crippen LogP contribution in [0, 0.1) is 0 Å². The minimum atomic E-state index is -0.347. The second-order valence-corrected chi connectivity index (χ2v) is 5.18. The van der Waals surface area contributed by atoms with E-state index in [0.717, 1.165) is 13.0 Å². The minimum absolute atomic E-state index is 0.152. The predicted octanol–water partition coefficient (Wildman–Crippen LogP) is -0.882. The van der Waals surface area contributed by atoms with Crippen LogP contribution >= 0.6 is 0 Å². The van der Waals surface area contributed by atoms with Gasteiger partial charge in [-0.05, 0) is 13.3 Å². The van der Waals surface area contributed by atoms with E-state index >= 15 is 0 Å². The van der Waals surface area contributed by atoms with Gasteiger partial charge in [0.15, 0.2) is 5.69 Å². The molecule has 8 heteroatoms. The molecule has 0 spiro atoms. The van der Waals surface area contributed by atoms with Crippen molar-refractivity contribution < 1.29 is 9.59 Å². The summed E-state index contributed by atoms with van der Waals surface area (Å²) >= 11 is 0. The van der Waals surface area contributed by atoms with Gasteiger partial charge in [0.05, 0.1) is 12.2 Å². The molecule has 2 rings (SSSR count). The lowest BCUT2D eigenvalue weighted by Gasteiger charge is -2.20. The molecule has 2 amide bonds. The van der Waals surface area contributed by atoms with E-state index in [1.54, 1.807) is 15.8 Å². The van der Waals surface area contributed by atoms with Crippen LogP contribution in [0.5, 0.6) is 0 Å². The van der Waals surface area contributed by atoms with Crippen LogP contribution < -0.4 is 11.5 Å². The number of primary amides is 1. The van der Waals surface area contributed by atoms with Crippen molar-refractivity contribution in [1.29, 1.82) is 0 Å². The zero-order valence-corrected chi connectivity index (χ0v) is 12.3. The van der Waals surface area contributed by atoms with Crippen LogP contribution in [0.25, 0.3) is 0 Å². The molecule has 21 heavy (non-hydrogen) atoms. The van der Waals surface area contributed by atoms with Crippen LogP contribution in [-0.4, -0.2) is 64.1 Å². The lowest BCUT2D eigenvalue weighted by molar-refractivity contribution is -0.119. The molecule has 0 saturated carbocycles. The van der Waals surface area contributed by atoms with Crippen LogP contribution in [0.2, 0.25) is 0 Å². The van der Waals surface area contributed by atoms with E-state index < -0.39 is 0 Å². The van der Waals surface area contributed by atoms with Gasteiger partial charge in [-0.15, -0.1) is 0 Å². The second kappa shape index (κ2) is 6.57. The number of nitrogen functional groups attached to an aromatic ring is 1. The first-order chi connectivity index (χ1) is 10.0. The van der Waals surface area contributed by atoms with Gasteiger partial charge in [0.1, 0.15) is 0 Å². The van der Waals surface area contributed by atoms with E-state index in [-0.39, 0.29) is 18.4 Å². The lowest BCUT2D eigenvalue weighted by Crippen LogP contribution is -2.38. The summed E-state index contributed by atoms with van der Waals surface area (Å²) in [5, 5.41) is 4.21. The Balaban J connectivity index is 2.02. The molecular weight excluding hydrogens is 272 g/mol. The molecule has 1 saturated heterocycles. The van der Waals surface area contributed by atoms with Crippen molar-refractivity contribution in [2.75, 3.05) is 38.5 Å². The standard InChI is InChI=1S/C13H22N6O2/c1-2-19-8-10(14)12(16-19)13(21)18-5-3-4-17(6-7-18)9-11(15)20/h8H,2-7,9,14H2,1H3,(H2,15,20). The average Bonchev–Trinajstić information content (AvgIpc) is 2.66. The third-order valence-corrected chi connectivity index (χ3v) is 3.57. The van der Waals surface area contributed by atoms with Gasteiger partial charge in [-0.3, -0.25) is 19.2 Å². The van der Waals surface area contributed by atoms with Gasteiger partial charge in [-0.25, -0.2) is 0 Å². The van der Waals surface area contributed by atoms with E-state index in [9.17, 15) is 9.59 Å². The van der Waals surface area contributed by atoms with Gasteiger partial charge >= 0.3 is 0 Å². The Bertz CT molecular complexity index is 527. The number of rotatable bonds is 4. The summed E-state index contributed by atoms with van der Waals surface area (Å²) in [5.41, 5.74) is 11.8. The molecule has 116 valence electrons.